The second kappa shape index (κ2) is 6.02. The van der Waals surface area contributed by atoms with Crippen molar-refractivity contribution >= 4 is 0 Å². The molecule has 1 aromatic rings. The van der Waals surface area contributed by atoms with Crippen molar-refractivity contribution in [2.75, 3.05) is 26.2 Å². The Kier molecular flexibility index (Phi) is 4.14. The third-order valence-electron chi connectivity index (χ3n) is 4.75. The lowest BCUT2D eigenvalue weighted by atomic mass is 9.97. The van der Waals surface area contributed by atoms with Gasteiger partial charge in [0.2, 0.25) is 0 Å². The van der Waals surface area contributed by atoms with Crippen molar-refractivity contribution in [2.24, 2.45) is 0 Å². The van der Waals surface area contributed by atoms with Crippen LogP contribution in [0.1, 0.15) is 31.7 Å². The van der Waals surface area contributed by atoms with Crippen LogP contribution >= 0.6 is 0 Å². The monoisotopic (exact) mass is 259 g/mol. The summed E-state index contributed by atoms with van der Waals surface area (Å²) in [5.41, 5.74) is 1.41. The fourth-order valence-electron chi connectivity index (χ4n) is 3.55. The van der Waals surface area contributed by atoms with E-state index in [-0.39, 0.29) is 0 Å². The molecule has 1 aromatic heterocycles. The van der Waals surface area contributed by atoms with Crippen LogP contribution in [0.3, 0.4) is 0 Å². The summed E-state index contributed by atoms with van der Waals surface area (Å²) in [5.74, 6) is 0. The molecule has 2 saturated heterocycles. The molecule has 0 spiro atoms. The van der Waals surface area contributed by atoms with Gasteiger partial charge in [0.15, 0.2) is 0 Å². The van der Waals surface area contributed by atoms with E-state index in [1.54, 1.807) is 0 Å². The molecule has 3 heterocycles. The van der Waals surface area contributed by atoms with E-state index in [0.29, 0.717) is 6.04 Å². The third-order valence-corrected chi connectivity index (χ3v) is 4.75. The van der Waals surface area contributed by atoms with Crippen LogP contribution < -0.4 is 0 Å². The molecular weight excluding hydrogens is 234 g/mol. The molecule has 19 heavy (non-hydrogen) atoms. The molecule has 2 fully saturated rings. The number of hydrogen-bond donors (Lipinski definition) is 0. The summed E-state index contributed by atoms with van der Waals surface area (Å²) in [6.45, 7) is 7.44. The largest absolute Gasteiger partial charge is 0.298 e. The zero-order chi connectivity index (χ0) is 13.1. The number of rotatable bonds is 3. The number of hydrogen-bond acceptors (Lipinski definition) is 3. The molecule has 0 aliphatic carbocycles. The quantitative estimate of drug-likeness (QED) is 0.829. The first-order chi connectivity index (χ1) is 9.33. The molecule has 0 amide bonds. The Morgan fingerprint density at radius 2 is 2.05 bits per heavy atom. The van der Waals surface area contributed by atoms with Gasteiger partial charge in [0.25, 0.3) is 0 Å². The average molecular weight is 259 g/mol. The Labute approximate surface area is 116 Å². The molecule has 0 N–H and O–H groups in total. The zero-order valence-corrected chi connectivity index (χ0v) is 12.0. The summed E-state index contributed by atoms with van der Waals surface area (Å²) in [5, 5.41) is 0. The second-order valence-corrected chi connectivity index (χ2v) is 6.09. The molecule has 3 nitrogen and oxygen atoms in total. The number of aromatic nitrogens is 1. The van der Waals surface area contributed by atoms with Gasteiger partial charge < -0.3 is 0 Å². The van der Waals surface area contributed by atoms with Gasteiger partial charge in [0, 0.05) is 44.1 Å². The first-order valence-electron chi connectivity index (χ1n) is 7.70. The van der Waals surface area contributed by atoms with E-state index >= 15 is 0 Å². The smallest absolute Gasteiger partial charge is 0.0270 e. The molecule has 0 radical (unpaired) electrons. The lowest BCUT2D eigenvalue weighted by Gasteiger charge is -2.47. The zero-order valence-electron chi connectivity index (χ0n) is 12.0. The minimum Gasteiger partial charge on any atom is -0.298 e. The van der Waals surface area contributed by atoms with Crippen LogP contribution in [0.25, 0.3) is 0 Å². The Bertz CT molecular complexity index is 392. The summed E-state index contributed by atoms with van der Waals surface area (Å²) in [6, 6.07) is 5.81. The second-order valence-electron chi connectivity index (χ2n) is 6.09. The van der Waals surface area contributed by atoms with Gasteiger partial charge in [-0.3, -0.25) is 14.8 Å². The van der Waals surface area contributed by atoms with E-state index in [4.69, 9.17) is 0 Å². The summed E-state index contributed by atoms with van der Waals surface area (Å²) >= 11 is 0. The van der Waals surface area contributed by atoms with E-state index in [0.717, 1.165) is 12.5 Å². The SMILES string of the molecule is CC1CN2CCCCC2CN1CCc1ccncc1. The predicted molar refractivity (Wildman–Crippen MR) is 78.2 cm³/mol. The summed E-state index contributed by atoms with van der Waals surface area (Å²) in [7, 11) is 0. The van der Waals surface area contributed by atoms with Crippen molar-refractivity contribution in [3.63, 3.8) is 0 Å². The molecule has 3 heteroatoms. The van der Waals surface area contributed by atoms with E-state index in [1.807, 2.05) is 12.4 Å². The number of piperazine rings is 1. The first kappa shape index (κ1) is 13.1. The number of pyridine rings is 1. The molecular formula is C16H25N3. The molecule has 0 aromatic carbocycles. The van der Waals surface area contributed by atoms with Gasteiger partial charge in [-0.15, -0.1) is 0 Å². The van der Waals surface area contributed by atoms with E-state index in [2.05, 4.69) is 33.8 Å². The molecule has 2 aliphatic heterocycles. The third kappa shape index (κ3) is 3.15. The van der Waals surface area contributed by atoms with E-state index < -0.39 is 0 Å². The van der Waals surface area contributed by atoms with E-state index in [1.165, 1.54) is 51.0 Å². The average Bonchev–Trinajstić information content (AvgIpc) is 2.46. The van der Waals surface area contributed by atoms with Crippen molar-refractivity contribution < 1.29 is 0 Å². The van der Waals surface area contributed by atoms with Crippen LogP contribution in [0.4, 0.5) is 0 Å². The van der Waals surface area contributed by atoms with Gasteiger partial charge in [0.1, 0.15) is 0 Å². The first-order valence-corrected chi connectivity index (χ1v) is 7.70. The highest BCUT2D eigenvalue weighted by molar-refractivity contribution is 5.10. The van der Waals surface area contributed by atoms with Crippen LogP contribution in [0.15, 0.2) is 24.5 Å². The standard InChI is InChI=1S/C16H25N3/c1-14-12-19-10-3-2-4-16(19)13-18(14)11-7-15-5-8-17-9-6-15/h5-6,8-9,14,16H,2-4,7,10-13H2,1H3. The Hall–Kier alpha value is -0.930. The van der Waals surface area contributed by atoms with Gasteiger partial charge in [-0.2, -0.15) is 0 Å². The maximum absolute atomic E-state index is 4.09. The Morgan fingerprint density at radius 1 is 1.21 bits per heavy atom. The van der Waals surface area contributed by atoms with Crippen LogP contribution in [-0.4, -0.2) is 53.0 Å². The highest BCUT2D eigenvalue weighted by atomic mass is 15.3. The molecule has 104 valence electrons. The van der Waals surface area contributed by atoms with Crippen molar-refractivity contribution in [2.45, 2.75) is 44.7 Å². The maximum atomic E-state index is 4.09. The molecule has 2 atom stereocenters. The van der Waals surface area contributed by atoms with Crippen molar-refractivity contribution in [3.05, 3.63) is 30.1 Å². The normalized spacial score (nSPS) is 29.1. The number of piperidine rings is 1. The Morgan fingerprint density at radius 3 is 2.89 bits per heavy atom. The van der Waals surface area contributed by atoms with Crippen LogP contribution in [-0.2, 0) is 6.42 Å². The molecule has 2 unspecified atom stereocenters. The molecule has 0 saturated carbocycles. The highest BCUT2D eigenvalue weighted by Gasteiger charge is 2.32. The molecule has 0 bridgehead atoms. The summed E-state index contributed by atoms with van der Waals surface area (Å²) < 4.78 is 0. The van der Waals surface area contributed by atoms with Gasteiger partial charge in [-0.25, -0.2) is 0 Å². The fraction of sp³-hybridized carbons (Fsp3) is 0.688. The number of fused-ring (bicyclic) bond motifs is 1. The topological polar surface area (TPSA) is 19.4 Å². The van der Waals surface area contributed by atoms with Crippen LogP contribution in [0.5, 0.6) is 0 Å². The maximum Gasteiger partial charge on any atom is 0.0270 e. The van der Waals surface area contributed by atoms with Crippen molar-refractivity contribution in [1.29, 1.82) is 0 Å². The van der Waals surface area contributed by atoms with Gasteiger partial charge in [-0.05, 0) is 50.4 Å². The lowest BCUT2D eigenvalue weighted by molar-refractivity contribution is 0.0160. The number of nitrogens with zero attached hydrogens (tertiary/aromatic N) is 3. The molecule has 2 aliphatic rings. The minimum absolute atomic E-state index is 0.705. The van der Waals surface area contributed by atoms with E-state index in [9.17, 15) is 0 Å². The molecule has 3 rings (SSSR count). The minimum atomic E-state index is 0.705. The summed E-state index contributed by atoms with van der Waals surface area (Å²) in [6.07, 6.45) is 9.18. The van der Waals surface area contributed by atoms with Crippen molar-refractivity contribution in [3.8, 4) is 0 Å². The van der Waals surface area contributed by atoms with Gasteiger partial charge >= 0.3 is 0 Å². The summed E-state index contributed by atoms with van der Waals surface area (Å²) in [4.78, 5) is 9.50. The van der Waals surface area contributed by atoms with Crippen LogP contribution in [0, 0.1) is 0 Å². The van der Waals surface area contributed by atoms with Gasteiger partial charge in [-0.1, -0.05) is 6.42 Å². The van der Waals surface area contributed by atoms with Crippen molar-refractivity contribution in [1.82, 2.24) is 14.8 Å². The highest BCUT2D eigenvalue weighted by Crippen LogP contribution is 2.24. The Balaban J connectivity index is 1.55. The fourth-order valence-corrected chi connectivity index (χ4v) is 3.55. The lowest BCUT2D eigenvalue weighted by Crippen LogP contribution is -2.58. The van der Waals surface area contributed by atoms with Crippen LogP contribution in [0.2, 0.25) is 0 Å². The predicted octanol–water partition coefficient (Wildman–Crippen LogP) is 2.18. The van der Waals surface area contributed by atoms with Gasteiger partial charge in [0.05, 0.1) is 0 Å².